The summed E-state index contributed by atoms with van der Waals surface area (Å²) in [7, 11) is 0. The lowest BCUT2D eigenvalue weighted by atomic mass is 9.97. The number of hydrogen-bond donors (Lipinski definition) is 2. The molecule has 1 aromatic rings. The van der Waals surface area contributed by atoms with E-state index in [1.807, 2.05) is 39.0 Å². The van der Waals surface area contributed by atoms with Crippen LogP contribution >= 0.6 is 0 Å². The molecule has 0 bridgehead atoms. The number of amides is 1. The van der Waals surface area contributed by atoms with Gasteiger partial charge >= 0.3 is 0 Å². The zero-order chi connectivity index (χ0) is 14.8. The predicted molar refractivity (Wildman–Crippen MR) is 79.8 cm³/mol. The predicted octanol–water partition coefficient (Wildman–Crippen LogP) is 2.07. The average molecular weight is 276 g/mol. The van der Waals surface area contributed by atoms with E-state index in [0.717, 1.165) is 29.7 Å². The van der Waals surface area contributed by atoms with Crippen LogP contribution in [0.25, 0.3) is 0 Å². The van der Waals surface area contributed by atoms with Gasteiger partial charge in [-0.15, -0.1) is 0 Å². The van der Waals surface area contributed by atoms with Crippen LogP contribution in [-0.2, 0) is 4.79 Å². The van der Waals surface area contributed by atoms with Gasteiger partial charge in [0.2, 0.25) is 5.91 Å². The van der Waals surface area contributed by atoms with Crippen molar-refractivity contribution in [1.82, 2.24) is 5.32 Å². The minimum atomic E-state index is -0.683. The molecular formula is C16H24N2O2. The van der Waals surface area contributed by atoms with Crippen molar-refractivity contribution in [2.24, 2.45) is 5.73 Å². The van der Waals surface area contributed by atoms with E-state index in [2.05, 4.69) is 5.32 Å². The van der Waals surface area contributed by atoms with Crippen molar-refractivity contribution in [3.63, 3.8) is 0 Å². The quantitative estimate of drug-likeness (QED) is 0.801. The first-order valence-electron chi connectivity index (χ1n) is 7.19. The smallest absolute Gasteiger partial charge is 0.237 e. The minimum absolute atomic E-state index is 0.311. The monoisotopic (exact) mass is 276 g/mol. The second kappa shape index (κ2) is 5.83. The van der Waals surface area contributed by atoms with Gasteiger partial charge in [-0.1, -0.05) is 18.2 Å². The van der Waals surface area contributed by atoms with Gasteiger partial charge in [0.25, 0.3) is 0 Å². The molecule has 1 unspecified atom stereocenters. The number of rotatable bonds is 7. The Bertz CT molecular complexity index is 477. The number of nitrogens with two attached hydrogens (primary N) is 1. The van der Waals surface area contributed by atoms with Gasteiger partial charge in [-0.3, -0.25) is 4.79 Å². The summed E-state index contributed by atoms with van der Waals surface area (Å²) < 4.78 is 5.87. The highest BCUT2D eigenvalue weighted by Crippen LogP contribution is 2.26. The van der Waals surface area contributed by atoms with Gasteiger partial charge in [-0.2, -0.15) is 0 Å². The number of aryl methyl sites for hydroxylation is 2. The maximum Gasteiger partial charge on any atom is 0.237 e. The Balaban J connectivity index is 1.94. The Labute approximate surface area is 120 Å². The molecule has 2 rings (SSSR count). The molecule has 0 aliphatic heterocycles. The molecule has 1 amide bonds. The summed E-state index contributed by atoms with van der Waals surface area (Å²) in [5.74, 6) is 0.597. The normalized spacial score (nSPS) is 17.6. The molecule has 0 spiro atoms. The van der Waals surface area contributed by atoms with Crippen molar-refractivity contribution in [3.05, 3.63) is 29.3 Å². The van der Waals surface area contributed by atoms with Gasteiger partial charge in [0.1, 0.15) is 5.75 Å². The van der Waals surface area contributed by atoms with Crippen LogP contribution in [0.15, 0.2) is 18.2 Å². The van der Waals surface area contributed by atoms with E-state index in [0.29, 0.717) is 19.1 Å². The van der Waals surface area contributed by atoms with Crippen LogP contribution in [0.1, 0.15) is 37.3 Å². The van der Waals surface area contributed by atoms with Crippen molar-refractivity contribution >= 4 is 5.91 Å². The number of primary amides is 1. The zero-order valence-corrected chi connectivity index (χ0v) is 12.5. The molecule has 1 saturated carbocycles. The maximum atomic E-state index is 11.7. The van der Waals surface area contributed by atoms with Crippen LogP contribution in [0.5, 0.6) is 5.75 Å². The molecule has 0 radical (unpaired) electrons. The summed E-state index contributed by atoms with van der Waals surface area (Å²) in [6.45, 7) is 6.39. The van der Waals surface area contributed by atoms with Crippen molar-refractivity contribution in [2.75, 3.05) is 6.61 Å². The van der Waals surface area contributed by atoms with Gasteiger partial charge in [0.05, 0.1) is 12.1 Å². The molecule has 110 valence electrons. The van der Waals surface area contributed by atoms with Crippen LogP contribution in [0.3, 0.4) is 0 Å². The number of para-hydroxylation sites is 1. The number of benzene rings is 1. The van der Waals surface area contributed by atoms with E-state index in [1.54, 1.807) is 0 Å². The summed E-state index contributed by atoms with van der Waals surface area (Å²) in [5, 5.41) is 3.33. The largest absolute Gasteiger partial charge is 0.493 e. The first-order chi connectivity index (χ1) is 9.42. The molecule has 4 nitrogen and oxygen atoms in total. The molecule has 4 heteroatoms. The fourth-order valence-corrected chi connectivity index (χ4v) is 2.33. The molecule has 0 aromatic heterocycles. The Morgan fingerprint density at radius 1 is 1.40 bits per heavy atom. The van der Waals surface area contributed by atoms with Crippen molar-refractivity contribution in [2.45, 2.75) is 51.6 Å². The minimum Gasteiger partial charge on any atom is -0.493 e. The number of nitrogens with one attached hydrogen (secondary N) is 1. The Hall–Kier alpha value is -1.55. The molecule has 0 heterocycles. The van der Waals surface area contributed by atoms with E-state index in [9.17, 15) is 4.79 Å². The van der Waals surface area contributed by atoms with Crippen LogP contribution in [0, 0.1) is 13.8 Å². The third-order valence-electron chi connectivity index (χ3n) is 3.90. The molecular weight excluding hydrogens is 252 g/mol. The molecule has 3 N–H and O–H groups in total. The third-order valence-corrected chi connectivity index (χ3v) is 3.90. The fraction of sp³-hybridized carbons (Fsp3) is 0.562. The van der Waals surface area contributed by atoms with Crippen LogP contribution in [0.4, 0.5) is 0 Å². The lowest BCUT2D eigenvalue weighted by Crippen LogP contribution is -2.54. The lowest BCUT2D eigenvalue weighted by molar-refractivity contribution is -0.124. The van der Waals surface area contributed by atoms with Gasteiger partial charge in [0.15, 0.2) is 0 Å². The van der Waals surface area contributed by atoms with Crippen molar-refractivity contribution in [1.29, 1.82) is 0 Å². The highest BCUT2D eigenvalue weighted by Gasteiger charge is 2.36. The van der Waals surface area contributed by atoms with Crippen molar-refractivity contribution in [3.8, 4) is 5.75 Å². The SMILES string of the molecule is Cc1cccc(C)c1OCCC(C)(NC1CC1)C(N)=O. The topological polar surface area (TPSA) is 64.3 Å². The zero-order valence-electron chi connectivity index (χ0n) is 12.5. The summed E-state index contributed by atoms with van der Waals surface area (Å²) in [5.41, 5.74) is 7.07. The Kier molecular flexibility index (Phi) is 4.33. The highest BCUT2D eigenvalue weighted by molar-refractivity contribution is 5.84. The van der Waals surface area contributed by atoms with Gasteiger partial charge in [-0.05, 0) is 44.7 Å². The van der Waals surface area contributed by atoms with E-state index < -0.39 is 5.54 Å². The van der Waals surface area contributed by atoms with E-state index >= 15 is 0 Å². The van der Waals surface area contributed by atoms with E-state index in [4.69, 9.17) is 10.5 Å². The number of hydrogen-bond acceptors (Lipinski definition) is 3. The fourth-order valence-electron chi connectivity index (χ4n) is 2.33. The van der Waals surface area contributed by atoms with Crippen molar-refractivity contribution < 1.29 is 9.53 Å². The van der Waals surface area contributed by atoms with Gasteiger partial charge in [0, 0.05) is 12.5 Å². The summed E-state index contributed by atoms with van der Waals surface area (Å²) in [6, 6.07) is 6.50. The average Bonchev–Trinajstić information content (AvgIpc) is 3.16. The van der Waals surface area contributed by atoms with E-state index in [1.165, 1.54) is 0 Å². The molecule has 1 aliphatic carbocycles. The molecule has 1 atom stereocenters. The van der Waals surface area contributed by atoms with Crippen LogP contribution in [-0.4, -0.2) is 24.1 Å². The summed E-state index contributed by atoms with van der Waals surface area (Å²) in [4.78, 5) is 11.7. The molecule has 1 fully saturated rings. The Morgan fingerprint density at radius 2 is 2.00 bits per heavy atom. The number of carbonyl (C=O) groups is 1. The molecule has 20 heavy (non-hydrogen) atoms. The first kappa shape index (κ1) is 14.9. The summed E-state index contributed by atoms with van der Waals surface area (Å²) >= 11 is 0. The number of carbonyl (C=O) groups excluding carboxylic acids is 1. The second-order valence-electron chi connectivity index (χ2n) is 5.93. The van der Waals surface area contributed by atoms with Crippen LogP contribution < -0.4 is 15.8 Å². The molecule has 0 saturated heterocycles. The highest BCUT2D eigenvalue weighted by atomic mass is 16.5. The summed E-state index contributed by atoms with van der Waals surface area (Å²) in [6.07, 6.45) is 2.83. The third kappa shape index (κ3) is 3.51. The second-order valence-corrected chi connectivity index (χ2v) is 5.93. The maximum absolute atomic E-state index is 11.7. The van der Waals surface area contributed by atoms with E-state index in [-0.39, 0.29) is 5.91 Å². The number of ether oxygens (including phenoxy) is 1. The standard InChI is InChI=1S/C16H24N2O2/c1-11-5-4-6-12(2)14(11)20-10-9-16(3,15(17)19)18-13-7-8-13/h4-6,13,18H,7-10H2,1-3H3,(H2,17,19). The van der Waals surface area contributed by atoms with Gasteiger partial charge in [-0.25, -0.2) is 0 Å². The molecule has 1 aliphatic rings. The lowest BCUT2D eigenvalue weighted by Gasteiger charge is -2.27. The van der Waals surface area contributed by atoms with Gasteiger partial charge < -0.3 is 15.8 Å². The first-order valence-corrected chi connectivity index (χ1v) is 7.19. The Morgan fingerprint density at radius 3 is 2.50 bits per heavy atom. The van der Waals surface area contributed by atoms with Crippen LogP contribution in [0.2, 0.25) is 0 Å². The molecule has 1 aromatic carbocycles.